The smallest absolute Gasteiger partial charge is 0.253 e. The van der Waals surface area contributed by atoms with Crippen molar-refractivity contribution in [3.8, 4) is 0 Å². The zero-order valence-corrected chi connectivity index (χ0v) is 15.1. The molecule has 1 fully saturated rings. The fraction of sp³-hybridized carbons (Fsp3) is 0.381. The predicted octanol–water partition coefficient (Wildman–Crippen LogP) is 3.10. The summed E-state index contributed by atoms with van der Waals surface area (Å²) in [4.78, 5) is 17.0. The molecule has 1 aliphatic rings. The van der Waals surface area contributed by atoms with Crippen LogP contribution in [0.4, 0.5) is 0 Å². The van der Waals surface area contributed by atoms with Gasteiger partial charge >= 0.3 is 0 Å². The van der Waals surface area contributed by atoms with Gasteiger partial charge in [0.2, 0.25) is 0 Å². The molecule has 0 aliphatic carbocycles. The Hall–Kier alpha value is -2.17. The molecule has 1 heterocycles. The van der Waals surface area contributed by atoms with Crippen molar-refractivity contribution in [1.29, 1.82) is 0 Å². The summed E-state index contributed by atoms with van der Waals surface area (Å²) in [7, 11) is 1.68. The molecule has 0 spiro atoms. The second-order valence-corrected chi connectivity index (χ2v) is 6.69. The van der Waals surface area contributed by atoms with E-state index in [1.807, 2.05) is 29.2 Å². The van der Waals surface area contributed by atoms with E-state index in [2.05, 4.69) is 36.1 Å². The molecule has 2 aromatic rings. The fourth-order valence-electron chi connectivity index (χ4n) is 3.27. The van der Waals surface area contributed by atoms with E-state index in [1.165, 1.54) is 11.1 Å². The first-order valence-corrected chi connectivity index (χ1v) is 8.81. The van der Waals surface area contributed by atoms with Gasteiger partial charge in [-0.2, -0.15) is 0 Å². The number of rotatable bonds is 5. The molecule has 0 atom stereocenters. The SMILES string of the molecule is COCc1ccc(C(=O)N2CCN(Cc3cccc(C)c3)CC2)cc1. The molecular weight excluding hydrogens is 312 g/mol. The van der Waals surface area contributed by atoms with Crippen molar-refractivity contribution in [2.24, 2.45) is 0 Å². The average Bonchev–Trinajstić information content (AvgIpc) is 2.63. The van der Waals surface area contributed by atoms with Crippen molar-refractivity contribution < 1.29 is 9.53 Å². The molecule has 0 aromatic heterocycles. The zero-order valence-electron chi connectivity index (χ0n) is 15.1. The zero-order chi connectivity index (χ0) is 17.6. The first kappa shape index (κ1) is 17.6. The van der Waals surface area contributed by atoms with Gasteiger partial charge in [-0.25, -0.2) is 0 Å². The highest BCUT2D eigenvalue weighted by Crippen LogP contribution is 2.13. The molecule has 0 unspecified atom stereocenters. The van der Waals surface area contributed by atoms with Crippen LogP contribution >= 0.6 is 0 Å². The minimum Gasteiger partial charge on any atom is -0.380 e. The highest BCUT2D eigenvalue weighted by atomic mass is 16.5. The molecular formula is C21H26N2O2. The Kier molecular flexibility index (Phi) is 5.84. The lowest BCUT2D eigenvalue weighted by Gasteiger charge is -2.34. The predicted molar refractivity (Wildman–Crippen MR) is 99.5 cm³/mol. The molecule has 1 saturated heterocycles. The maximum absolute atomic E-state index is 12.7. The van der Waals surface area contributed by atoms with Gasteiger partial charge in [-0.3, -0.25) is 9.69 Å². The number of piperazine rings is 1. The molecule has 3 rings (SSSR count). The van der Waals surface area contributed by atoms with E-state index in [0.717, 1.165) is 43.9 Å². The van der Waals surface area contributed by atoms with Gasteiger partial charge in [0, 0.05) is 45.4 Å². The van der Waals surface area contributed by atoms with Crippen LogP contribution in [-0.2, 0) is 17.9 Å². The molecule has 4 heteroatoms. The van der Waals surface area contributed by atoms with E-state index in [0.29, 0.717) is 6.61 Å². The van der Waals surface area contributed by atoms with Crippen LogP contribution in [0.1, 0.15) is 27.0 Å². The molecule has 0 bridgehead atoms. The Morgan fingerprint density at radius 2 is 1.72 bits per heavy atom. The maximum Gasteiger partial charge on any atom is 0.253 e. The minimum absolute atomic E-state index is 0.124. The number of nitrogens with zero attached hydrogens (tertiary/aromatic N) is 2. The van der Waals surface area contributed by atoms with Gasteiger partial charge in [0.1, 0.15) is 0 Å². The van der Waals surface area contributed by atoms with E-state index in [1.54, 1.807) is 7.11 Å². The van der Waals surface area contributed by atoms with Gasteiger partial charge in [0.15, 0.2) is 0 Å². The first-order chi connectivity index (χ1) is 12.2. The average molecular weight is 338 g/mol. The number of carbonyl (C=O) groups excluding carboxylic acids is 1. The van der Waals surface area contributed by atoms with Gasteiger partial charge in [-0.15, -0.1) is 0 Å². The number of ether oxygens (including phenoxy) is 1. The third kappa shape index (κ3) is 4.68. The third-order valence-corrected chi connectivity index (χ3v) is 4.66. The molecule has 0 saturated carbocycles. The number of aryl methyl sites for hydroxylation is 1. The third-order valence-electron chi connectivity index (χ3n) is 4.66. The van der Waals surface area contributed by atoms with Crippen LogP contribution in [-0.4, -0.2) is 49.0 Å². The number of hydrogen-bond acceptors (Lipinski definition) is 3. The molecule has 0 radical (unpaired) electrons. The van der Waals surface area contributed by atoms with Crippen molar-refractivity contribution in [3.63, 3.8) is 0 Å². The van der Waals surface area contributed by atoms with Gasteiger partial charge < -0.3 is 9.64 Å². The normalized spacial score (nSPS) is 15.4. The second kappa shape index (κ2) is 8.28. The maximum atomic E-state index is 12.7. The summed E-state index contributed by atoms with van der Waals surface area (Å²) in [6.45, 7) is 7.05. The summed E-state index contributed by atoms with van der Waals surface area (Å²) in [5.41, 5.74) is 4.48. The molecule has 1 aliphatic heterocycles. The van der Waals surface area contributed by atoms with Gasteiger partial charge in [0.05, 0.1) is 6.61 Å². The molecule has 25 heavy (non-hydrogen) atoms. The van der Waals surface area contributed by atoms with Gasteiger partial charge in [-0.1, -0.05) is 42.0 Å². The lowest BCUT2D eigenvalue weighted by Crippen LogP contribution is -2.48. The van der Waals surface area contributed by atoms with Crippen molar-refractivity contribution >= 4 is 5.91 Å². The van der Waals surface area contributed by atoms with Crippen molar-refractivity contribution in [2.75, 3.05) is 33.3 Å². The molecule has 0 N–H and O–H groups in total. The Morgan fingerprint density at radius 1 is 1.00 bits per heavy atom. The van der Waals surface area contributed by atoms with Crippen molar-refractivity contribution in [3.05, 3.63) is 70.8 Å². The largest absolute Gasteiger partial charge is 0.380 e. The summed E-state index contributed by atoms with van der Waals surface area (Å²) in [5.74, 6) is 0.124. The van der Waals surface area contributed by atoms with E-state index >= 15 is 0 Å². The lowest BCUT2D eigenvalue weighted by molar-refractivity contribution is 0.0628. The van der Waals surface area contributed by atoms with Crippen molar-refractivity contribution in [1.82, 2.24) is 9.80 Å². The highest BCUT2D eigenvalue weighted by Gasteiger charge is 2.22. The Bertz CT molecular complexity index is 704. The summed E-state index contributed by atoms with van der Waals surface area (Å²) in [5, 5.41) is 0. The standard InChI is InChI=1S/C21H26N2O2/c1-17-4-3-5-19(14-17)15-22-10-12-23(13-11-22)21(24)20-8-6-18(7-9-20)16-25-2/h3-9,14H,10-13,15-16H2,1-2H3. The number of benzene rings is 2. The van der Waals surface area contributed by atoms with Crippen LogP contribution in [0.15, 0.2) is 48.5 Å². The van der Waals surface area contributed by atoms with E-state index in [4.69, 9.17) is 4.74 Å². The molecule has 1 amide bonds. The Balaban J connectivity index is 1.53. The molecule has 4 nitrogen and oxygen atoms in total. The van der Waals surface area contributed by atoms with Crippen molar-refractivity contribution in [2.45, 2.75) is 20.1 Å². The van der Waals surface area contributed by atoms with Gasteiger partial charge in [-0.05, 0) is 30.2 Å². The van der Waals surface area contributed by atoms with Crippen LogP contribution in [0.25, 0.3) is 0 Å². The van der Waals surface area contributed by atoms with Crippen LogP contribution in [0.2, 0.25) is 0 Å². The van der Waals surface area contributed by atoms with Crippen LogP contribution in [0, 0.1) is 6.92 Å². The van der Waals surface area contributed by atoms with Crippen LogP contribution in [0.3, 0.4) is 0 Å². The quantitative estimate of drug-likeness (QED) is 0.840. The summed E-state index contributed by atoms with van der Waals surface area (Å²) in [6.07, 6.45) is 0. The number of amides is 1. The van der Waals surface area contributed by atoms with E-state index in [-0.39, 0.29) is 5.91 Å². The monoisotopic (exact) mass is 338 g/mol. The van der Waals surface area contributed by atoms with Crippen LogP contribution in [0.5, 0.6) is 0 Å². The minimum atomic E-state index is 0.124. The number of hydrogen-bond donors (Lipinski definition) is 0. The van der Waals surface area contributed by atoms with Crippen LogP contribution < -0.4 is 0 Å². The highest BCUT2D eigenvalue weighted by molar-refractivity contribution is 5.94. The lowest BCUT2D eigenvalue weighted by atomic mass is 10.1. The van der Waals surface area contributed by atoms with E-state index < -0.39 is 0 Å². The van der Waals surface area contributed by atoms with Gasteiger partial charge in [0.25, 0.3) is 5.91 Å². The molecule has 132 valence electrons. The second-order valence-electron chi connectivity index (χ2n) is 6.69. The summed E-state index contributed by atoms with van der Waals surface area (Å²) < 4.78 is 5.11. The topological polar surface area (TPSA) is 32.8 Å². The summed E-state index contributed by atoms with van der Waals surface area (Å²) in [6, 6.07) is 16.4. The summed E-state index contributed by atoms with van der Waals surface area (Å²) >= 11 is 0. The number of methoxy groups -OCH3 is 1. The first-order valence-electron chi connectivity index (χ1n) is 8.81. The number of carbonyl (C=O) groups is 1. The van der Waals surface area contributed by atoms with E-state index in [9.17, 15) is 4.79 Å². The Labute approximate surface area is 150 Å². The Morgan fingerprint density at radius 3 is 2.36 bits per heavy atom. The fourth-order valence-corrected chi connectivity index (χ4v) is 3.27. The molecule has 2 aromatic carbocycles.